The van der Waals surface area contributed by atoms with Crippen LogP contribution in [-0.2, 0) is 0 Å². The van der Waals surface area contributed by atoms with E-state index < -0.39 is 0 Å². The van der Waals surface area contributed by atoms with Gasteiger partial charge < -0.3 is 4.74 Å². The maximum absolute atomic E-state index is 9.21. The molecule has 0 radical (unpaired) electrons. The Balaban J connectivity index is 2.39. The molecule has 0 atom stereocenters. The van der Waals surface area contributed by atoms with Gasteiger partial charge in [-0.2, -0.15) is 10.5 Å². The molecule has 2 rings (SSSR count). The van der Waals surface area contributed by atoms with E-state index in [2.05, 4.69) is 12.1 Å². The van der Waals surface area contributed by atoms with Crippen LogP contribution in [0.25, 0.3) is 0 Å². The van der Waals surface area contributed by atoms with E-state index in [1.54, 1.807) is 30.3 Å². The Morgan fingerprint density at radius 3 is 2.53 bits per heavy atom. The first-order chi connectivity index (χ1) is 9.28. The van der Waals surface area contributed by atoms with Gasteiger partial charge in [0.1, 0.15) is 23.1 Å². The van der Waals surface area contributed by atoms with Crippen molar-refractivity contribution < 1.29 is 4.74 Å². The Morgan fingerprint density at radius 1 is 1.05 bits per heavy atom. The average molecular weight is 266 g/mol. The molecule has 0 aliphatic carbocycles. The number of nitrogens with zero attached hydrogens (tertiary/aromatic N) is 2. The van der Waals surface area contributed by atoms with Crippen molar-refractivity contribution in [2.24, 2.45) is 0 Å². The summed E-state index contributed by atoms with van der Waals surface area (Å²) in [6.45, 7) is 0. The first-order valence-corrected chi connectivity index (χ1v) is 6.76. The van der Waals surface area contributed by atoms with Crippen LogP contribution < -0.4 is 4.74 Å². The van der Waals surface area contributed by atoms with Gasteiger partial charge in [0.05, 0.1) is 11.6 Å². The fraction of sp³-hybridized carbons (Fsp3) is 0.0667. The molecule has 0 heterocycles. The minimum absolute atomic E-state index is 0.504. The van der Waals surface area contributed by atoms with Crippen LogP contribution in [0.1, 0.15) is 11.1 Å². The normalized spacial score (nSPS) is 9.42. The number of benzene rings is 2. The molecule has 0 amide bonds. The number of thioether (sulfide) groups is 1. The molecule has 0 N–H and O–H groups in total. The quantitative estimate of drug-likeness (QED) is 0.789. The molecule has 0 aromatic heterocycles. The Labute approximate surface area is 116 Å². The van der Waals surface area contributed by atoms with Crippen molar-refractivity contribution in [2.45, 2.75) is 4.90 Å². The Bertz CT molecular complexity index is 683. The molecule has 0 unspecified atom stereocenters. The fourth-order valence-electron chi connectivity index (χ4n) is 1.63. The highest BCUT2D eigenvalue weighted by Crippen LogP contribution is 2.31. The van der Waals surface area contributed by atoms with Gasteiger partial charge >= 0.3 is 0 Å². The molecule has 0 spiro atoms. The van der Waals surface area contributed by atoms with E-state index in [9.17, 15) is 5.26 Å². The van der Waals surface area contributed by atoms with Crippen molar-refractivity contribution in [1.82, 2.24) is 0 Å². The van der Waals surface area contributed by atoms with E-state index in [1.165, 1.54) is 11.8 Å². The van der Waals surface area contributed by atoms with Gasteiger partial charge in [-0.05, 0) is 36.6 Å². The third kappa shape index (κ3) is 2.88. The predicted molar refractivity (Wildman–Crippen MR) is 74.2 cm³/mol. The molecule has 19 heavy (non-hydrogen) atoms. The van der Waals surface area contributed by atoms with Gasteiger partial charge in [0, 0.05) is 4.90 Å². The van der Waals surface area contributed by atoms with Crippen LogP contribution in [0.15, 0.2) is 47.4 Å². The minimum atomic E-state index is 0.504. The molecule has 0 saturated carbocycles. The highest BCUT2D eigenvalue weighted by molar-refractivity contribution is 7.98. The molecule has 3 nitrogen and oxygen atoms in total. The SMILES string of the molecule is CSc1cccc(Oc2cccc(C#N)c2)c1C#N. The third-order valence-corrected chi connectivity index (χ3v) is 3.29. The Morgan fingerprint density at radius 2 is 1.84 bits per heavy atom. The van der Waals surface area contributed by atoms with Gasteiger partial charge in [-0.15, -0.1) is 11.8 Å². The van der Waals surface area contributed by atoms with Crippen LogP contribution in [0.2, 0.25) is 0 Å². The van der Waals surface area contributed by atoms with Gasteiger partial charge in [-0.1, -0.05) is 12.1 Å². The summed E-state index contributed by atoms with van der Waals surface area (Å²) in [6.07, 6.45) is 1.91. The largest absolute Gasteiger partial charge is 0.456 e. The summed E-state index contributed by atoms with van der Waals surface area (Å²) < 4.78 is 5.70. The van der Waals surface area contributed by atoms with E-state index >= 15 is 0 Å². The van der Waals surface area contributed by atoms with Crippen LogP contribution in [0, 0.1) is 22.7 Å². The second kappa shape index (κ2) is 5.95. The Kier molecular flexibility index (Phi) is 4.07. The highest BCUT2D eigenvalue weighted by atomic mass is 32.2. The molecular formula is C15H10N2OS. The number of hydrogen-bond acceptors (Lipinski definition) is 4. The smallest absolute Gasteiger partial charge is 0.146 e. The van der Waals surface area contributed by atoms with Crippen LogP contribution in [-0.4, -0.2) is 6.26 Å². The second-order valence-electron chi connectivity index (χ2n) is 3.69. The maximum atomic E-state index is 9.21. The topological polar surface area (TPSA) is 56.8 Å². The first-order valence-electron chi connectivity index (χ1n) is 5.53. The lowest BCUT2D eigenvalue weighted by atomic mass is 10.2. The van der Waals surface area contributed by atoms with Crippen LogP contribution in [0.5, 0.6) is 11.5 Å². The Hall–Kier alpha value is -2.43. The summed E-state index contributed by atoms with van der Waals surface area (Å²) in [5.41, 5.74) is 1.04. The van der Waals surface area contributed by atoms with Gasteiger partial charge in [0.25, 0.3) is 0 Å². The lowest BCUT2D eigenvalue weighted by molar-refractivity contribution is 0.479. The molecule has 2 aromatic carbocycles. The molecule has 4 heteroatoms. The van der Waals surface area contributed by atoms with E-state index in [-0.39, 0.29) is 0 Å². The number of hydrogen-bond donors (Lipinski definition) is 0. The first kappa shape index (κ1) is 13.0. The predicted octanol–water partition coefficient (Wildman–Crippen LogP) is 3.94. The molecule has 0 bridgehead atoms. The monoisotopic (exact) mass is 266 g/mol. The number of rotatable bonds is 3. The van der Waals surface area contributed by atoms with E-state index in [4.69, 9.17) is 10.00 Å². The van der Waals surface area contributed by atoms with Crippen molar-refractivity contribution in [3.05, 3.63) is 53.6 Å². The zero-order valence-corrected chi connectivity index (χ0v) is 11.1. The van der Waals surface area contributed by atoms with Gasteiger partial charge in [0.15, 0.2) is 0 Å². The average Bonchev–Trinajstić information content (AvgIpc) is 2.47. The van der Waals surface area contributed by atoms with Gasteiger partial charge in [-0.25, -0.2) is 0 Å². The second-order valence-corrected chi connectivity index (χ2v) is 4.53. The summed E-state index contributed by atoms with van der Waals surface area (Å²) in [5.74, 6) is 1.05. The van der Waals surface area contributed by atoms with Crippen molar-refractivity contribution in [3.8, 4) is 23.6 Å². The number of nitriles is 2. The van der Waals surface area contributed by atoms with Crippen LogP contribution >= 0.6 is 11.8 Å². The van der Waals surface area contributed by atoms with E-state index in [1.807, 2.05) is 18.4 Å². The zero-order valence-electron chi connectivity index (χ0n) is 10.3. The van der Waals surface area contributed by atoms with Crippen molar-refractivity contribution in [3.63, 3.8) is 0 Å². The highest BCUT2D eigenvalue weighted by Gasteiger charge is 2.09. The van der Waals surface area contributed by atoms with E-state index in [0.717, 1.165) is 4.90 Å². The van der Waals surface area contributed by atoms with Crippen LogP contribution in [0.4, 0.5) is 0 Å². The van der Waals surface area contributed by atoms with Crippen molar-refractivity contribution >= 4 is 11.8 Å². The summed E-state index contributed by atoms with van der Waals surface area (Å²) in [6, 6.07) is 16.5. The standard InChI is InChI=1S/C15H10N2OS/c1-19-15-7-3-6-14(13(15)10-17)18-12-5-2-4-11(8-12)9-16/h2-8H,1H3. The summed E-state index contributed by atoms with van der Waals surface area (Å²) in [7, 11) is 0. The van der Waals surface area contributed by atoms with Gasteiger partial charge in [-0.3, -0.25) is 0 Å². The van der Waals surface area contributed by atoms with Crippen LogP contribution in [0.3, 0.4) is 0 Å². The maximum Gasteiger partial charge on any atom is 0.146 e. The molecule has 92 valence electrons. The summed E-state index contributed by atoms with van der Waals surface area (Å²) in [4.78, 5) is 0.872. The van der Waals surface area contributed by atoms with Crippen molar-refractivity contribution in [2.75, 3.05) is 6.26 Å². The molecule has 0 aliphatic rings. The van der Waals surface area contributed by atoms with E-state index in [0.29, 0.717) is 22.6 Å². The van der Waals surface area contributed by atoms with Crippen molar-refractivity contribution in [1.29, 1.82) is 10.5 Å². The summed E-state index contributed by atoms with van der Waals surface area (Å²) in [5, 5.41) is 18.1. The number of ether oxygens (including phenoxy) is 1. The third-order valence-electron chi connectivity index (χ3n) is 2.51. The zero-order chi connectivity index (χ0) is 13.7. The lowest BCUT2D eigenvalue weighted by Gasteiger charge is -2.09. The molecule has 0 aliphatic heterocycles. The molecule has 0 fully saturated rings. The van der Waals surface area contributed by atoms with Gasteiger partial charge in [0.2, 0.25) is 0 Å². The fourth-order valence-corrected chi connectivity index (χ4v) is 2.20. The molecular weight excluding hydrogens is 256 g/mol. The molecule has 2 aromatic rings. The molecule has 0 saturated heterocycles. The minimum Gasteiger partial charge on any atom is -0.456 e. The lowest BCUT2D eigenvalue weighted by Crippen LogP contribution is -1.90. The summed E-state index contributed by atoms with van der Waals surface area (Å²) >= 11 is 1.50.